The second kappa shape index (κ2) is 6.09. The molecule has 0 aliphatic carbocycles. The Morgan fingerprint density at radius 1 is 1.33 bits per heavy atom. The Balaban J connectivity index is 2.03. The highest BCUT2D eigenvalue weighted by Crippen LogP contribution is 2.31. The number of carbonyl (C=O) groups excluding carboxylic acids is 1. The summed E-state index contributed by atoms with van der Waals surface area (Å²) in [5.41, 5.74) is 1.05. The third kappa shape index (κ3) is 3.16. The third-order valence-corrected chi connectivity index (χ3v) is 3.16. The Morgan fingerprint density at radius 2 is 2.06 bits per heavy atom. The van der Waals surface area contributed by atoms with Crippen LogP contribution in [0.3, 0.4) is 0 Å². The fourth-order valence-corrected chi connectivity index (χ4v) is 2.16. The van der Waals surface area contributed by atoms with Gasteiger partial charge in [0.15, 0.2) is 11.5 Å². The number of nitrogens with zero attached hydrogens (tertiary/aromatic N) is 1. The van der Waals surface area contributed by atoms with Gasteiger partial charge in [0.05, 0.1) is 0 Å². The van der Waals surface area contributed by atoms with E-state index in [-0.39, 0.29) is 5.91 Å². The van der Waals surface area contributed by atoms with Crippen molar-refractivity contribution < 1.29 is 14.3 Å². The van der Waals surface area contributed by atoms with E-state index >= 15 is 0 Å². The lowest BCUT2D eigenvalue weighted by Crippen LogP contribution is -2.26. The summed E-state index contributed by atoms with van der Waals surface area (Å²) in [5, 5.41) is 0.692. The molecule has 1 heterocycles. The number of amides is 1. The van der Waals surface area contributed by atoms with Gasteiger partial charge in [-0.3, -0.25) is 4.79 Å². The van der Waals surface area contributed by atoms with E-state index in [1.165, 1.54) is 0 Å². The normalized spacial score (nSPS) is 13.2. The van der Waals surface area contributed by atoms with Crippen LogP contribution < -0.4 is 9.47 Å². The zero-order valence-electron chi connectivity index (χ0n) is 10.3. The quantitative estimate of drug-likeness (QED) is 0.800. The highest BCUT2D eigenvalue weighted by molar-refractivity contribution is 9.09. The van der Waals surface area contributed by atoms with Gasteiger partial charge in [0, 0.05) is 25.3 Å². The van der Waals surface area contributed by atoms with Gasteiger partial charge in [-0.2, -0.15) is 0 Å². The molecule has 1 aromatic rings. The van der Waals surface area contributed by atoms with Gasteiger partial charge in [-0.15, -0.1) is 0 Å². The first-order valence-corrected chi connectivity index (χ1v) is 7.01. The van der Waals surface area contributed by atoms with E-state index in [1.54, 1.807) is 4.90 Å². The Hall–Kier alpha value is -1.23. The fourth-order valence-electron chi connectivity index (χ4n) is 1.82. The smallest absolute Gasteiger partial charge is 0.223 e. The van der Waals surface area contributed by atoms with Crippen molar-refractivity contribution >= 4 is 21.8 Å². The minimum atomic E-state index is 0.127. The number of halogens is 1. The number of alkyl halides is 1. The van der Waals surface area contributed by atoms with E-state index in [0.29, 0.717) is 31.5 Å². The number of ether oxygens (including phenoxy) is 2. The highest BCUT2D eigenvalue weighted by Gasteiger charge is 2.13. The molecular formula is C13H16BrNO3. The van der Waals surface area contributed by atoms with E-state index in [2.05, 4.69) is 15.9 Å². The Labute approximate surface area is 115 Å². The predicted molar refractivity (Wildman–Crippen MR) is 72.3 cm³/mol. The molecule has 0 N–H and O–H groups in total. The molecule has 1 aliphatic rings. The van der Waals surface area contributed by atoms with Crippen LogP contribution in [0.5, 0.6) is 11.5 Å². The maximum absolute atomic E-state index is 11.7. The Bertz CT molecular complexity index is 436. The molecule has 0 atom stereocenters. The van der Waals surface area contributed by atoms with Gasteiger partial charge in [-0.25, -0.2) is 0 Å². The van der Waals surface area contributed by atoms with Crippen LogP contribution >= 0.6 is 15.9 Å². The molecule has 18 heavy (non-hydrogen) atoms. The molecule has 2 rings (SSSR count). The standard InChI is InChI=1S/C13H16BrNO3/c1-15(13(16)4-5-14)9-10-2-3-11-12(8-10)18-7-6-17-11/h2-3,8H,4-7,9H2,1H3. The molecule has 0 aromatic heterocycles. The van der Waals surface area contributed by atoms with Crippen molar-refractivity contribution in [1.82, 2.24) is 4.90 Å². The van der Waals surface area contributed by atoms with E-state index in [9.17, 15) is 4.79 Å². The number of carbonyl (C=O) groups is 1. The summed E-state index contributed by atoms with van der Waals surface area (Å²) in [6.45, 7) is 1.76. The van der Waals surface area contributed by atoms with Crippen LogP contribution in [0, 0.1) is 0 Å². The lowest BCUT2D eigenvalue weighted by Gasteiger charge is -2.21. The first-order chi connectivity index (χ1) is 8.70. The van der Waals surface area contributed by atoms with Crippen molar-refractivity contribution in [3.63, 3.8) is 0 Å². The average molecular weight is 314 g/mol. The lowest BCUT2D eigenvalue weighted by atomic mass is 10.2. The number of fused-ring (bicyclic) bond motifs is 1. The van der Waals surface area contributed by atoms with Gasteiger partial charge in [0.25, 0.3) is 0 Å². The first-order valence-electron chi connectivity index (χ1n) is 5.89. The van der Waals surface area contributed by atoms with Crippen molar-refractivity contribution in [2.75, 3.05) is 25.6 Å². The number of rotatable bonds is 4. The second-order valence-corrected chi connectivity index (χ2v) is 4.96. The molecule has 0 fully saturated rings. The van der Waals surface area contributed by atoms with Gasteiger partial charge in [-0.05, 0) is 17.7 Å². The van der Waals surface area contributed by atoms with Crippen LogP contribution in [0.4, 0.5) is 0 Å². The number of hydrogen-bond donors (Lipinski definition) is 0. The van der Waals surface area contributed by atoms with Crippen LogP contribution in [0.1, 0.15) is 12.0 Å². The summed E-state index contributed by atoms with van der Waals surface area (Å²) >= 11 is 3.27. The van der Waals surface area contributed by atoms with E-state index < -0.39 is 0 Å². The molecule has 0 saturated carbocycles. The minimum Gasteiger partial charge on any atom is -0.486 e. The van der Waals surface area contributed by atoms with Crippen molar-refractivity contribution in [2.24, 2.45) is 0 Å². The fraction of sp³-hybridized carbons (Fsp3) is 0.462. The summed E-state index contributed by atoms with van der Waals surface area (Å²) < 4.78 is 11.0. The topological polar surface area (TPSA) is 38.8 Å². The largest absolute Gasteiger partial charge is 0.486 e. The summed E-state index contributed by atoms with van der Waals surface area (Å²) in [5.74, 6) is 1.67. The SMILES string of the molecule is CN(Cc1ccc2c(c1)OCCO2)C(=O)CCBr. The third-order valence-electron chi connectivity index (χ3n) is 2.76. The monoisotopic (exact) mass is 313 g/mol. The highest BCUT2D eigenvalue weighted by atomic mass is 79.9. The van der Waals surface area contributed by atoms with Crippen LogP contribution in [-0.2, 0) is 11.3 Å². The van der Waals surface area contributed by atoms with Crippen molar-refractivity contribution in [3.05, 3.63) is 23.8 Å². The maximum atomic E-state index is 11.7. The number of hydrogen-bond acceptors (Lipinski definition) is 3. The van der Waals surface area contributed by atoms with E-state index in [0.717, 1.165) is 17.1 Å². The summed E-state index contributed by atoms with van der Waals surface area (Å²) in [6, 6.07) is 5.80. The van der Waals surface area contributed by atoms with Gasteiger partial charge in [0.1, 0.15) is 13.2 Å². The molecule has 0 bridgehead atoms. The lowest BCUT2D eigenvalue weighted by molar-refractivity contribution is -0.129. The van der Waals surface area contributed by atoms with Crippen molar-refractivity contribution in [1.29, 1.82) is 0 Å². The first kappa shape index (κ1) is 13.2. The zero-order chi connectivity index (χ0) is 13.0. The van der Waals surface area contributed by atoms with Crippen LogP contribution in [0.15, 0.2) is 18.2 Å². The molecule has 98 valence electrons. The molecule has 0 saturated heterocycles. The van der Waals surface area contributed by atoms with Gasteiger partial charge < -0.3 is 14.4 Å². The molecule has 0 unspecified atom stereocenters. The summed E-state index contributed by atoms with van der Waals surface area (Å²) in [4.78, 5) is 13.4. The molecular weight excluding hydrogens is 298 g/mol. The molecule has 0 spiro atoms. The van der Waals surface area contributed by atoms with Crippen LogP contribution in [0.25, 0.3) is 0 Å². The maximum Gasteiger partial charge on any atom is 0.223 e. The van der Waals surface area contributed by atoms with Crippen molar-refractivity contribution in [2.45, 2.75) is 13.0 Å². The molecule has 1 amide bonds. The average Bonchev–Trinajstić information content (AvgIpc) is 2.39. The van der Waals surface area contributed by atoms with Crippen LogP contribution in [-0.4, -0.2) is 36.4 Å². The van der Waals surface area contributed by atoms with E-state index in [1.807, 2.05) is 25.2 Å². The van der Waals surface area contributed by atoms with Gasteiger partial charge in [0.2, 0.25) is 5.91 Å². The Morgan fingerprint density at radius 3 is 2.78 bits per heavy atom. The molecule has 1 aromatic carbocycles. The number of benzene rings is 1. The summed E-state index contributed by atoms with van der Waals surface area (Å²) in [7, 11) is 1.81. The molecule has 5 heteroatoms. The Kier molecular flexibility index (Phi) is 4.47. The molecule has 4 nitrogen and oxygen atoms in total. The van der Waals surface area contributed by atoms with Gasteiger partial charge in [-0.1, -0.05) is 22.0 Å². The minimum absolute atomic E-state index is 0.127. The summed E-state index contributed by atoms with van der Waals surface area (Å²) in [6.07, 6.45) is 0.515. The van der Waals surface area contributed by atoms with Gasteiger partial charge >= 0.3 is 0 Å². The molecule has 1 aliphatic heterocycles. The molecule has 0 radical (unpaired) electrons. The van der Waals surface area contributed by atoms with Crippen molar-refractivity contribution in [3.8, 4) is 11.5 Å². The van der Waals surface area contributed by atoms with Crippen LogP contribution in [0.2, 0.25) is 0 Å². The predicted octanol–water partition coefficient (Wildman–Crippen LogP) is 2.20. The zero-order valence-corrected chi connectivity index (χ0v) is 11.9. The van der Waals surface area contributed by atoms with E-state index in [4.69, 9.17) is 9.47 Å². The second-order valence-electron chi connectivity index (χ2n) is 4.17.